The van der Waals surface area contributed by atoms with Gasteiger partial charge >= 0.3 is 0 Å². The molecule has 1 saturated heterocycles. The van der Waals surface area contributed by atoms with Crippen LogP contribution in [0.25, 0.3) is 11.6 Å². The maximum Gasteiger partial charge on any atom is 0.241 e. The second kappa shape index (κ2) is 6.19. The van der Waals surface area contributed by atoms with Crippen LogP contribution in [0.1, 0.15) is 31.6 Å². The maximum absolute atomic E-state index is 5.69. The van der Waals surface area contributed by atoms with Crippen LogP contribution in [0.3, 0.4) is 0 Å². The van der Waals surface area contributed by atoms with Gasteiger partial charge in [-0.25, -0.2) is 0 Å². The molecule has 1 fully saturated rings. The number of likely N-dealkylation sites (tertiary alicyclic amines) is 1. The molecule has 3 heterocycles. The lowest BCUT2D eigenvalue weighted by Crippen LogP contribution is -2.40. The summed E-state index contributed by atoms with van der Waals surface area (Å²) in [5, 5.41) is 3.96. The predicted molar refractivity (Wildman–Crippen MR) is 73.7 cm³/mol. The van der Waals surface area contributed by atoms with E-state index >= 15 is 0 Å². The quantitative estimate of drug-likeness (QED) is 0.900. The van der Waals surface area contributed by atoms with E-state index in [9.17, 15) is 0 Å². The molecule has 0 aromatic carbocycles. The first-order valence-electron chi connectivity index (χ1n) is 7.17. The summed E-state index contributed by atoms with van der Waals surface area (Å²) >= 11 is 0. The summed E-state index contributed by atoms with van der Waals surface area (Å²) in [5.74, 6) is 1.79. The minimum absolute atomic E-state index is 0.511. The van der Waals surface area contributed by atoms with Gasteiger partial charge in [-0.3, -0.25) is 4.90 Å². The first-order valence-corrected chi connectivity index (χ1v) is 7.17. The zero-order valence-electron chi connectivity index (χ0n) is 11.5. The Labute approximate surface area is 117 Å². The average molecular weight is 276 g/mol. The van der Waals surface area contributed by atoms with Crippen molar-refractivity contribution in [1.29, 1.82) is 0 Å². The van der Waals surface area contributed by atoms with Gasteiger partial charge in [0.15, 0.2) is 5.76 Å². The first-order chi connectivity index (χ1) is 9.86. The molecule has 6 nitrogen and oxygen atoms in total. The van der Waals surface area contributed by atoms with Crippen LogP contribution in [0.4, 0.5) is 0 Å². The van der Waals surface area contributed by atoms with E-state index in [1.54, 1.807) is 6.26 Å². The van der Waals surface area contributed by atoms with E-state index in [2.05, 4.69) is 15.0 Å². The lowest BCUT2D eigenvalue weighted by molar-refractivity contribution is 0.118. The fourth-order valence-electron chi connectivity index (χ4n) is 2.79. The Morgan fingerprint density at radius 3 is 3.15 bits per heavy atom. The highest BCUT2D eigenvalue weighted by molar-refractivity contribution is 5.44. The molecule has 3 rings (SSSR count). The van der Waals surface area contributed by atoms with E-state index in [4.69, 9.17) is 14.7 Å². The van der Waals surface area contributed by atoms with Crippen LogP contribution in [0, 0.1) is 0 Å². The molecule has 2 aromatic heterocycles. The number of nitrogens with zero attached hydrogens (tertiary/aromatic N) is 3. The first kappa shape index (κ1) is 13.3. The Balaban J connectivity index is 1.67. The van der Waals surface area contributed by atoms with Crippen LogP contribution in [0.15, 0.2) is 27.3 Å². The molecule has 0 bridgehead atoms. The highest BCUT2D eigenvalue weighted by Gasteiger charge is 2.24. The number of hydrogen-bond donors (Lipinski definition) is 1. The summed E-state index contributed by atoms with van der Waals surface area (Å²) in [5.41, 5.74) is 5.69. The molecule has 0 aliphatic carbocycles. The van der Waals surface area contributed by atoms with Crippen LogP contribution in [-0.4, -0.2) is 34.2 Å². The van der Waals surface area contributed by atoms with E-state index in [1.807, 2.05) is 12.1 Å². The molecule has 2 aromatic rings. The van der Waals surface area contributed by atoms with Gasteiger partial charge in [0.1, 0.15) is 0 Å². The van der Waals surface area contributed by atoms with E-state index < -0.39 is 0 Å². The summed E-state index contributed by atoms with van der Waals surface area (Å²) < 4.78 is 10.6. The van der Waals surface area contributed by atoms with Gasteiger partial charge in [-0.05, 0) is 44.5 Å². The number of rotatable bonds is 5. The molecule has 6 heteroatoms. The largest absolute Gasteiger partial charge is 0.461 e. The number of piperidine rings is 1. The lowest BCUT2D eigenvalue weighted by atomic mass is 9.99. The molecule has 0 spiro atoms. The molecular formula is C14H20N4O2. The average Bonchev–Trinajstić information content (AvgIpc) is 3.12. The molecule has 1 aliphatic rings. The SMILES string of the molecule is NCCC1CCCCN1Cc1nc(-c2ccco2)no1. The van der Waals surface area contributed by atoms with Gasteiger partial charge in [0, 0.05) is 6.04 Å². The molecule has 108 valence electrons. The van der Waals surface area contributed by atoms with Gasteiger partial charge in [0.25, 0.3) is 0 Å². The summed E-state index contributed by atoms with van der Waals surface area (Å²) in [6.45, 7) is 2.49. The molecule has 0 radical (unpaired) electrons. The number of hydrogen-bond acceptors (Lipinski definition) is 6. The highest BCUT2D eigenvalue weighted by atomic mass is 16.5. The Bertz CT molecular complexity index is 521. The van der Waals surface area contributed by atoms with Crippen LogP contribution < -0.4 is 5.73 Å². The van der Waals surface area contributed by atoms with Crippen molar-refractivity contribution in [3.05, 3.63) is 24.3 Å². The smallest absolute Gasteiger partial charge is 0.241 e. The third-order valence-corrected chi connectivity index (χ3v) is 3.80. The van der Waals surface area contributed by atoms with Crippen molar-refractivity contribution in [3.63, 3.8) is 0 Å². The van der Waals surface area contributed by atoms with Gasteiger partial charge in [-0.1, -0.05) is 11.6 Å². The summed E-state index contributed by atoms with van der Waals surface area (Å²) in [7, 11) is 0. The van der Waals surface area contributed by atoms with Gasteiger partial charge in [0.2, 0.25) is 11.7 Å². The van der Waals surface area contributed by atoms with E-state index in [0.717, 1.165) is 19.5 Å². The van der Waals surface area contributed by atoms with Crippen molar-refractivity contribution in [2.45, 2.75) is 38.3 Å². The van der Waals surface area contributed by atoms with E-state index in [1.165, 1.54) is 19.3 Å². The van der Waals surface area contributed by atoms with Crippen LogP contribution >= 0.6 is 0 Å². The van der Waals surface area contributed by atoms with Crippen molar-refractivity contribution < 1.29 is 8.94 Å². The van der Waals surface area contributed by atoms with Gasteiger partial charge in [-0.15, -0.1) is 0 Å². The standard InChI is InChI=1S/C14H20N4O2/c15-7-6-11-4-1-2-8-18(11)10-13-16-14(17-20-13)12-5-3-9-19-12/h3,5,9,11H,1-2,4,6-8,10,15H2. The van der Waals surface area contributed by atoms with E-state index in [0.29, 0.717) is 30.1 Å². The highest BCUT2D eigenvalue weighted by Crippen LogP contribution is 2.22. The number of furan rings is 1. The Morgan fingerprint density at radius 1 is 1.40 bits per heavy atom. The third-order valence-electron chi connectivity index (χ3n) is 3.80. The fraction of sp³-hybridized carbons (Fsp3) is 0.571. The monoisotopic (exact) mass is 276 g/mol. The van der Waals surface area contributed by atoms with Gasteiger partial charge in [-0.2, -0.15) is 4.98 Å². The molecule has 1 aliphatic heterocycles. The Hall–Kier alpha value is -1.66. The summed E-state index contributed by atoms with van der Waals surface area (Å²) in [6, 6.07) is 4.17. The summed E-state index contributed by atoms with van der Waals surface area (Å²) in [4.78, 5) is 6.80. The molecule has 1 atom stereocenters. The van der Waals surface area contributed by atoms with Crippen molar-refractivity contribution in [3.8, 4) is 11.6 Å². The third kappa shape index (κ3) is 2.91. The molecule has 2 N–H and O–H groups in total. The second-order valence-corrected chi connectivity index (χ2v) is 5.19. The zero-order chi connectivity index (χ0) is 13.8. The normalized spacial score (nSPS) is 20.4. The van der Waals surface area contributed by atoms with Crippen LogP contribution in [0.2, 0.25) is 0 Å². The second-order valence-electron chi connectivity index (χ2n) is 5.19. The molecular weight excluding hydrogens is 256 g/mol. The Morgan fingerprint density at radius 2 is 2.35 bits per heavy atom. The van der Waals surface area contributed by atoms with Crippen LogP contribution in [-0.2, 0) is 6.54 Å². The van der Waals surface area contributed by atoms with Crippen molar-refractivity contribution in [1.82, 2.24) is 15.0 Å². The molecule has 1 unspecified atom stereocenters. The predicted octanol–water partition coefficient (Wildman–Crippen LogP) is 2.03. The lowest BCUT2D eigenvalue weighted by Gasteiger charge is -2.34. The topological polar surface area (TPSA) is 81.3 Å². The number of nitrogens with two attached hydrogens (primary N) is 1. The summed E-state index contributed by atoms with van der Waals surface area (Å²) in [6.07, 6.45) is 6.34. The van der Waals surface area contributed by atoms with Crippen molar-refractivity contribution in [2.24, 2.45) is 5.73 Å². The molecule has 20 heavy (non-hydrogen) atoms. The van der Waals surface area contributed by atoms with Crippen LogP contribution in [0.5, 0.6) is 0 Å². The minimum atomic E-state index is 0.511. The minimum Gasteiger partial charge on any atom is -0.461 e. The molecule has 0 amide bonds. The van der Waals surface area contributed by atoms with Crippen molar-refractivity contribution in [2.75, 3.05) is 13.1 Å². The van der Waals surface area contributed by atoms with Gasteiger partial charge in [0.05, 0.1) is 12.8 Å². The van der Waals surface area contributed by atoms with E-state index in [-0.39, 0.29) is 0 Å². The molecule has 0 saturated carbocycles. The van der Waals surface area contributed by atoms with Gasteiger partial charge < -0.3 is 14.7 Å². The maximum atomic E-state index is 5.69. The van der Waals surface area contributed by atoms with Crippen molar-refractivity contribution >= 4 is 0 Å². The fourth-order valence-corrected chi connectivity index (χ4v) is 2.79. The number of aromatic nitrogens is 2. The Kier molecular flexibility index (Phi) is 4.13. The zero-order valence-corrected chi connectivity index (χ0v) is 11.5.